The summed E-state index contributed by atoms with van der Waals surface area (Å²) in [4.78, 5) is 23.6. The maximum absolute atomic E-state index is 11.8. The van der Waals surface area contributed by atoms with Gasteiger partial charge in [0.15, 0.2) is 6.61 Å². The van der Waals surface area contributed by atoms with Crippen molar-refractivity contribution in [3.63, 3.8) is 0 Å². The standard InChI is InChI=1S/C16H23NO4/c1-5-20-16(19)13-8-6-7-9-14(13)21-10-15(18)17-12(4)11(2)3/h6-9,11-12H,5,10H2,1-4H3,(H,17,18)/t12-/m1/s1. The number of nitrogens with one attached hydrogen (secondary N) is 1. The third kappa shape index (κ3) is 5.45. The smallest absolute Gasteiger partial charge is 0.341 e. The van der Waals surface area contributed by atoms with Crippen LogP contribution in [-0.4, -0.2) is 31.1 Å². The zero-order chi connectivity index (χ0) is 15.8. The van der Waals surface area contributed by atoms with Gasteiger partial charge in [0.2, 0.25) is 0 Å². The quantitative estimate of drug-likeness (QED) is 0.784. The Bertz CT molecular complexity index is 485. The summed E-state index contributed by atoms with van der Waals surface area (Å²) >= 11 is 0. The second-order valence-electron chi connectivity index (χ2n) is 5.11. The van der Waals surface area contributed by atoms with Crippen LogP contribution < -0.4 is 10.1 Å². The number of amides is 1. The Balaban J connectivity index is 2.63. The molecule has 1 atom stereocenters. The van der Waals surface area contributed by atoms with Crippen LogP contribution in [0.2, 0.25) is 0 Å². The number of hydrogen-bond donors (Lipinski definition) is 1. The van der Waals surface area contributed by atoms with Crippen molar-refractivity contribution >= 4 is 11.9 Å². The number of hydrogen-bond acceptors (Lipinski definition) is 4. The van der Waals surface area contributed by atoms with Crippen molar-refractivity contribution in [1.29, 1.82) is 0 Å². The molecular weight excluding hydrogens is 270 g/mol. The van der Waals surface area contributed by atoms with E-state index in [4.69, 9.17) is 9.47 Å². The number of esters is 1. The summed E-state index contributed by atoms with van der Waals surface area (Å²) in [5.41, 5.74) is 0.323. The summed E-state index contributed by atoms with van der Waals surface area (Å²) in [6, 6.07) is 6.79. The molecule has 0 saturated heterocycles. The predicted molar refractivity (Wildman–Crippen MR) is 80.3 cm³/mol. The molecule has 1 amide bonds. The lowest BCUT2D eigenvalue weighted by Crippen LogP contribution is -2.39. The third-order valence-electron chi connectivity index (χ3n) is 3.13. The van der Waals surface area contributed by atoms with Crippen LogP contribution >= 0.6 is 0 Å². The monoisotopic (exact) mass is 293 g/mol. The van der Waals surface area contributed by atoms with Gasteiger partial charge in [-0.05, 0) is 31.9 Å². The van der Waals surface area contributed by atoms with Crippen molar-refractivity contribution in [2.45, 2.75) is 33.7 Å². The summed E-state index contributed by atoms with van der Waals surface area (Å²) in [6.07, 6.45) is 0. The second kappa shape index (κ2) is 8.29. The Labute approximate surface area is 125 Å². The molecule has 0 aliphatic heterocycles. The lowest BCUT2D eigenvalue weighted by atomic mass is 10.1. The molecule has 1 N–H and O–H groups in total. The van der Waals surface area contributed by atoms with Crippen LogP contribution in [0.15, 0.2) is 24.3 Å². The second-order valence-corrected chi connectivity index (χ2v) is 5.11. The molecule has 0 spiro atoms. The van der Waals surface area contributed by atoms with E-state index in [9.17, 15) is 9.59 Å². The number of carbonyl (C=O) groups excluding carboxylic acids is 2. The number of ether oxygens (including phenoxy) is 2. The fourth-order valence-corrected chi connectivity index (χ4v) is 1.58. The number of benzene rings is 1. The van der Waals surface area contributed by atoms with Crippen LogP contribution in [0.25, 0.3) is 0 Å². The molecule has 0 aliphatic carbocycles. The minimum absolute atomic E-state index is 0.0707. The normalized spacial score (nSPS) is 11.9. The average molecular weight is 293 g/mol. The van der Waals surface area contributed by atoms with Crippen molar-refractivity contribution in [1.82, 2.24) is 5.32 Å². The van der Waals surface area contributed by atoms with Crippen LogP contribution in [0.1, 0.15) is 38.1 Å². The molecule has 1 aromatic carbocycles. The van der Waals surface area contributed by atoms with E-state index in [-0.39, 0.29) is 18.6 Å². The van der Waals surface area contributed by atoms with Gasteiger partial charge in [0, 0.05) is 6.04 Å². The molecule has 0 unspecified atom stereocenters. The third-order valence-corrected chi connectivity index (χ3v) is 3.13. The minimum Gasteiger partial charge on any atom is -0.483 e. The molecule has 0 heterocycles. The average Bonchev–Trinajstić information content (AvgIpc) is 2.45. The molecule has 0 aromatic heterocycles. The van der Waals surface area contributed by atoms with E-state index >= 15 is 0 Å². The predicted octanol–water partition coefficient (Wildman–Crippen LogP) is 2.40. The Morgan fingerprint density at radius 2 is 1.86 bits per heavy atom. The summed E-state index contributed by atoms with van der Waals surface area (Å²) in [7, 11) is 0. The molecule has 116 valence electrons. The van der Waals surface area contributed by atoms with Crippen LogP contribution in [0.5, 0.6) is 5.75 Å². The molecular formula is C16H23NO4. The zero-order valence-corrected chi connectivity index (χ0v) is 13.0. The van der Waals surface area contributed by atoms with Gasteiger partial charge in [0.05, 0.1) is 6.61 Å². The van der Waals surface area contributed by atoms with Crippen molar-refractivity contribution in [2.24, 2.45) is 5.92 Å². The lowest BCUT2D eigenvalue weighted by Gasteiger charge is -2.17. The Hall–Kier alpha value is -2.04. The van der Waals surface area contributed by atoms with Gasteiger partial charge < -0.3 is 14.8 Å². The highest BCUT2D eigenvalue weighted by Crippen LogP contribution is 2.18. The van der Waals surface area contributed by atoms with Crippen LogP contribution in [-0.2, 0) is 9.53 Å². The van der Waals surface area contributed by atoms with E-state index in [2.05, 4.69) is 5.32 Å². The first-order valence-corrected chi connectivity index (χ1v) is 7.14. The van der Waals surface area contributed by atoms with E-state index in [1.807, 2.05) is 20.8 Å². The van der Waals surface area contributed by atoms with Crippen LogP contribution in [0.4, 0.5) is 0 Å². The fraction of sp³-hybridized carbons (Fsp3) is 0.500. The summed E-state index contributed by atoms with van der Waals surface area (Å²) in [5, 5.41) is 2.84. The molecule has 5 heteroatoms. The Morgan fingerprint density at radius 3 is 2.48 bits per heavy atom. The van der Waals surface area contributed by atoms with Gasteiger partial charge >= 0.3 is 5.97 Å². The number of para-hydroxylation sites is 1. The number of rotatable bonds is 7. The topological polar surface area (TPSA) is 64.6 Å². The van der Waals surface area contributed by atoms with Crippen molar-refractivity contribution < 1.29 is 19.1 Å². The van der Waals surface area contributed by atoms with Crippen molar-refractivity contribution in [3.05, 3.63) is 29.8 Å². The van der Waals surface area contributed by atoms with Gasteiger partial charge in [-0.2, -0.15) is 0 Å². The number of carbonyl (C=O) groups is 2. The van der Waals surface area contributed by atoms with Gasteiger partial charge in [-0.15, -0.1) is 0 Å². The van der Waals surface area contributed by atoms with E-state index in [1.54, 1.807) is 31.2 Å². The molecule has 0 saturated carbocycles. The Morgan fingerprint density at radius 1 is 1.19 bits per heavy atom. The summed E-state index contributed by atoms with van der Waals surface area (Å²) in [6.45, 7) is 7.90. The molecule has 0 radical (unpaired) electrons. The minimum atomic E-state index is -0.455. The van der Waals surface area contributed by atoms with Crippen LogP contribution in [0, 0.1) is 5.92 Å². The van der Waals surface area contributed by atoms with Crippen molar-refractivity contribution in [3.8, 4) is 5.75 Å². The Kier molecular flexibility index (Phi) is 6.72. The highest BCUT2D eigenvalue weighted by Gasteiger charge is 2.15. The summed E-state index contributed by atoms with van der Waals surface area (Å²) in [5.74, 6) is 0.0305. The molecule has 0 fully saturated rings. The fourth-order valence-electron chi connectivity index (χ4n) is 1.58. The van der Waals surface area contributed by atoms with E-state index in [0.717, 1.165) is 0 Å². The van der Waals surface area contributed by atoms with Gasteiger partial charge in [0.25, 0.3) is 5.91 Å². The van der Waals surface area contributed by atoms with Gasteiger partial charge in [-0.25, -0.2) is 4.79 Å². The first-order valence-electron chi connectivity index (χ1n) is 7.14. The van der Waals surface area contributed by atoms with Gasteiger partial charge in [0.1, 0.15) is 11.3 Å². The van der Waals surface area contributed by atoms with E-state index < -0.39 is 5.97 Å². The van der Waals surface area contributed by atoms with Crippen LogP contribution in [0.3, 0.4) is 0 Å². The highest BCUT2D eigenvalue weighted by atomic mass is 16.5. The molecule has 0 bridgehead atoms. The SMILES string of the molecule is CCOC(=O)c1ccccc1OCC(=O)N[C@H](C)C(C)C. The van der Waals surface area contributed by atoms with Gasteiger partial charge in [-0.1, -0.05) is 26.0 Å². The molecule has 1 aromatic rings. The molecule has 5 nitrogen and oxygen atoms in total. The van der Waals surface area contributed by atoms with Gasteiger partial charge in [-0.3, -0.25) is 4.79 Å². The molecule has 1 rings (SSSR count). The zero-order valence-electron chi connectivity index (χ0n) is 13.0. The highest BCUT2D eigenvalue weighted by molar-refractivity contribution is 5.92. The largest absolute Gasteiger partial charge is 0.483 e. The molecule has 0 aliphatic rings. The summed E-state index contributed by atoms with van der Waals surface area (Å²) < 4.78 is 10.4. The van der Waals surface area contributed by atoms with E-state index in [0.29, 0.717) is 23.8 Å². The maximum atomic E-state index is 11.8. The first kappa shape index (κ1) is 17.0. The molecule has 21 heavy (non-hydrogen) atoms. The lowest BCUT2D eigenvalue weighted by molar-refractivity contribution is -0.124. The maximum Gasteiger partial charge on any atom is 0.341 e. The van der Waals surface area contributed by atoms with Crippen molar-refractivity contribution in [2.75, 3.05) is 13.2 Å². The first-order chi connectivity index (χ1) is 9.95. The van der Waals surface area contributed by atoms with E-state index in [1.165, 1.54) is 0 Å².